The zero-order valence-electron chi connectivity index (χ0n) is 11.4. The standard InChI is InChI=1S/C14H24O3/c1-14(2,3)13(16)11(9-12(15)17-4)10-7-5-6-8-10/h10-11H,5-9H2,1-4H3/t11-/m0/s1. The van der Waals surface area contributed by atoms with Crippen LogP contribution in [0.4, 0.5) is 0 Å². The molecular weight excluding hydrogens is 216 g/mol. The number of ether oxygens (including phenoxy) is 1. The van der Waals surface area contributed by atoms with E-state index in [0.717, 1.165) is 12.8 Å². The second-order valence-corrected chi connectivity index (χ2v) is 6.05. The maximum absolute atomic E-state index is 12.4. The molecule has 3 nitrogen and oxygen atoms in total. The molecule has 0 N–H and O–H groups in total. The summed E-state index contributed by atoms with van der Waals surface area (Å²) >= 11 is 0. The predicted molar refractivity (Wildman–Crippen MR) is 66.5 cm³/mol. The van der Waals surface area contributed by atoms with Crippen LogP contribution in [-0.4, -0.2) is 18.9 Å². The molecule has 0 unspecified atom stereocenters. The van der Waals surface area contributed by atoms with E-state index in [0.29, 0.717) is 5.92 Å². The van der Waals surface area contributed by atoms with Crippen molar-refractivity contribution in [3.63, 3.8) is 0 Å². The van der Waals surface area contributed by atoms with Crippen LogP contribution in [0.15, 0.2) is 0 Å². The van der Waals surface area contributed by atoms with E-state index in [-0.39, 0.29) is 29.5 Å². The van der Waals surface area contributed by atoms with Crippen LogP contribution >= 0.6 is 0 Å². The van der Waals surface area contributed by atoms with Gasteiger partial charge in [0.05, 0.1) is 13.5 Å². The van der Waals surface area contributed by atoms with E-state index >= 15 is 0 Å². The van der Waals surface area contributed by atoms with Crippen LogP contribution in [-0.2, 0) is 14.3 Å². The fourth-order valence-electron chi connectivity index (χ4n) is 2.65. The number of methoxy groups -OCH3 is 1. The van der Waals surface area contributed by atoms with Crippen molar-refractivity contribution in [2.24, 2.45) is 17.3 Å². The summed E-state index contributed by atoms with van der Waals surface area (Å²) in [5, 5.41) is 0. The fourth-order valence-corrected chi connectivity index (χ4v) is 2.65. The lowest BCUT2D eigenvalue weighted by molar-refractivity contribution is -0.146. The highest BCUT2D eigenvalue weighted by Gasteiger charge is 2.37. The molecular formula is C14H24O3. The van der Waals surface area contributed by atoms with Gasteiger partial charge in [0.15, 0.2) is 0 Å². The van der Waals surface area contributed by atoms with Gasteiger partial charge in [0.25, 0.3) is 0 Å². The molecule has 0 aromatic rings. The number of hydrogen-bond donors (Lipinski definition) is 0. The molecule has 0 saturated heterocycles. The van der Waals surface area contributed by atoms with Gasteiger partial charge in [-0.1, -0.05) is 33.6 Å². The molecule has 0 heterocycles. The van der Waals surface area contributed by atoms with Gasteiger partial charge in [0, 0.05) is 11.3 Å². The third kappa shape index (κ3) is 3.83. The zero-order chi connectivity index (χ0) is 13.1. The molecule has 0 radical (unpaired) electrons. The molecule has 98 valence electrons. The molecule has 0 bridgehead atoms. The third-order valence-electron chi connectivity index (χ3n) is 3.66. The van der Waals surface area contributed by atoms with E-state index in [2.05, 4.69) is 0 Å². The molecule has 0 aromatic heterocycles. The van der Waals surface area contributed by atoms with Crippen molar-refractivity contribution >= 4 is 11.8 Å². The van der Waals surface area contributed by atoms with Crippen LogP contribution in [0.2, 0.25) is 0 Å². The van der Waals surface area contributed by atoms with Gasteiger partial charge in [-0.25, -0.2) is 0 Å². The van der Waals surface area contributed by atoms with Gasteiger partial charge in [-0.2, -0.15) is 0 Å². The number of Topliss-reactive ketones (excluding diaryl/α,β-unsaturated/α-hetero) is 1. The second kappa shape index (κ2) is 5.65. The molecule has 3 heteroatoms. The lowest BCUT2D eigenvalue weighted by Gasteiger charge is -2.28. The summed E-state index contributed by atoms with van der Waals surface area (Å²) in [6.07, 6.45) is 4.75. The van der Waals surface area contributed by atoms with E-state index in [1.807, 2.05) is 20.8 Å². The molecule has 1 aliphatic carbocycles. The van der Waals surface area contributed by atoms with Crippen molar-refractivity contribution in [3.8, 4) is 0 Å². The summed E-state index contributed by atoms with van der Waals surface area (Å²) < 4.78 is 4.71. The highest BCUT2D eigenvalue weighted by atomic mass is 16.5. The van der Waals surface area contributed by atoms with Crippen molar-refractivity contribution in [2.45, 2.75) is 52.9 Å². The average Bonchev–Trinajstić information content (AvgIpc) is 2.76. The topological polar surface area (TPSA) is 43.4 Å². The smallest absolute Gasteiger partial charge is 0.306 e. The van der Waals surface area contributed by atoms with Crippen LogP contribution in [0.25, 0.3) is 0 Å². The monoisotopic (exact) mass is 240 g/mol. The van der Waals surface area contributed by atoms with Crippen LogP contribution in [0, 0.1) is 17.3 Å². The summed E-state index contributed by atoms with van der Waals surface area (Å²) in [6.45, 7) is 5.78. The Morgan fingerprint density at radius 2 is 1.76 bits per heavy atom. The Bertz CT molecular complexity index is 282. The van der Waals surface area contributed by atoms with E-state index in [9.17, 15) is 9.59 Å². The Labute approximate surface area is 104 Å². The molecule has 0 amide bonds. The Balaban J connectivity index is 2.78. The minimum absolute atomic E-state index is 0.148. The number of esters is 1. The molecule has 0 aromatic carbocycles. The lowest BCUT2D eigenvalue weighted by Crippen LogP contribution is -2.34. The number of ketones is 1. The zero-order valence-corrected chi connectivity index (χ0v) is 11.4. The molecule has 1 aliphatic rings. The highest BCUT2D eigenvalue weighted by Crippen LogP contribution is 2.37. The van der Waals surface area contributed by atoms with Gasteiger partial charge in [-0.05, 0) is 18.8 Å². The van der Waals surface area contributed by atoms with Crippen LogP contribution in [0.3, 0.4) is 0 Å². The predicted octanol–water partition coefficient (Wildman–Crippen LogP) is 2.97. The number of carbonyl (C=O) groups excluding carboxylic acids is 2. The van der Waals surface area contributed by atoms with Crippen LogP contribution in [0.5, 0.6) is 0 Å². The van der Waals surface area contributed by atoms with Crippen molar-refractivity contribution < 1.29 is 14.3 Å². The number of rotatable bonds is 4. The van der Waals surface area contributed by atoms with Crippen LogP contribution in [0.1, 0.15) is 52.9 Å². The Kier molecular flexibility index (Phi) is 4.72. The van der Waals surface area contributed by atoms with Gasteiger partial charge >= 0.3 is 5.97 Å². The first kappa shape index (κ1) is 14.2. The molecule has 0 spiro atoms. The highest BCUT2D eigenvalue weighted by molar-refractivity contribution is 5.89. The van der Waals surface area contributed by atoms with Gasteiger partial charge in [-0.3, -0.25) is 9.59 Å². The summed E-state index contributed by atoms with van der Waals surface area (Å²) in [7, 11) is 1.38. The largest absolute Gasteiger partial charge is 0.469 e. The normalized spacial score (nSPS) is 19.1. The van der Waals surface area contributed by atoms with Gasteiger partial charge in [-0.15, -0.1) is 0 Å². The molecule has 1 rings (SSSR count). The minimum atomic E-state index is -0.374. The third-order valence-corrected chi connectivity index (χ3v) is 3.66. The molecule has 17 heavy (non-hydrogen) atoms. The Hall–Kier alpha value is -0.860. The maximum Gasteiger partial charge on any atom is 0.306 e. The minimum Gasteiger partial charge on any atom is -0.469 e. The second-order valence-electron chi connectivity index (χ2n) is 6.05. The van der Waals surface area contributed by atoms with Gasteiger partial charge in [0.1, 0.15) is 5.78 Å². The van der Waals surface area contributed by atoms with E-state index in [4.69, 9.17) is 4.74 Å². The van der Waals surface area contributed by atoms with E-state index in [1.165, 1.54) is 20.0 Å². The quantitative estimate of drug-likeness (QED) is 0.709. The fraction of sp³-hybridized carbons (Fsp3) is 0.857. The maximum atomic E-state index is 12.4. The number of carbonyl (C=O) groups is 2. The Morgan fingerprint density at radius 3 is 2.18 bits per heavy atom. The van der Waals surface area contributed by atoms with E-state index < -0.39 is 0 Å². The first-order valence-corrected chi connectivity index (χ1v) is 6.47. The van der Waals surface area contributed by atoms with Crippen LogP contribution < -0.4 is 0 Å². The van der Waals surface area contributed by atoms with Crippen molar-refractivity contribution in [1.82, 2.24) is 0 Å². The molecule has 1 fully saturated rings. The summed E-state index contributed by atoms with van der Waals surface area (Å²) in [6, 6.07) is 0. The number of hydrogen-bond acceptors (Lipinski definition) is 3. The first-order valence-electron chi connectivity index (χ1n) is 6.47. The van der Waals surface area contributed by atoms with Crippen molar-refractivity contribution in [3.05, 3.63) is 0 Å². The van der Waals surface area contributed by atoms with E-state index in [1.54, 1.807) is 0 Å². The Morgan fingerprint density at radius 1 is 1.24 bits per heavy atom. The van der Waals surface area contributed by atoms with Gasteiger partial charge < -0.3 is 4.74 Å². The summed E-state index contributed by atoms with van der Waals surface area (Å²) in [5.41, 5.74) is -0.374. The molecule has 1 atom stereocenters. The van der Waals surface area contributed by atoms with Crippen molar-refractivity contribution in [1.29, 1.82) is 0 Å². The molecule has 1 saturated carbocycles. The summed E-state index contributed by atoms with van der Waals surface area (Å²) in [5.74, 6) is 0.167. The lowest BCUT2D eigenvalue weighted by atomic mass is 9.75. The molecule has 0 aliphatic heterocycles. The summed E-state index contributed by atoms with van der Waals surface area (Å²) in [4.78, 5) is 23.8. The SMILES string of the molecule is COC(=O)C[C@H](C(=O)C(C)(C)C)C1CCCC1. The average molecular weight is 240 g/mol. The van der Waals surface area contributed by atoms with Gasteiger partial charge in [0.2, 0.25) is 0 Å². The van der Waals surface area contributed by atoms with Crippen molar-refractivity contribution in [2.75, 3.05) is 7.11 Å². The first-order chi connectivity index (χ1) is 7.86.